The van der Waals surface area contributed by atoms with Crippen molar-refractivity contribution in [3.63, 3.8) is 0 Å². The number of rotatable bonds is 1. The van der Waals surface area contributed by atoms with Gasteiger partial charge in [-0.3, -0.25) is 0 Å². The van der Waals surface area contributed by atoms with Crippen LogP contribution in [0.4, 0.5) is 0 Å². The van der Waals surface area contributed by atoms with E-state index >= 15 is 0 Å². The van der Waals surface area contributed by atoms with Gasteiger partial charge in [-0.2, -0.15) is 0 Å². The van der Waals surface area contributed by atoms with Crippen LogP contribution in [0.2, 0.25) is 0 Å². The molecule has 0 aliphatic heterocycles. The van der Waals surface area contributed by atoms with Crippen molar-refractivity contribution in [1.29, 1.82) is 0 Å². The van der Waals surface area contributed by atoms with Gasteiger partial charge < -0.3 is 4.74 Å². The van der Waals surface area contributed by atoms with Gasteiger partial charge in [0.05, 0.1) is 7.11 Å². The molecule has 4 bridgehead atoms. The number of fused-ring (bicyclic) bond motifs is 4. The maximum Gasteiger partial charge on any atom is 0.125 e. The van der Waals surface area contributed by atoms with Gasteiger partial charge in [0.15, 0.2) is 0 Å². The molecule has 4 rings (SSSR count). The Morgan fingerprint density at radius 2 is 1.17 bits per heavy atom. The molecule has 0 fully saturated rings. The smallest absolute Gasteiger partial charge is 0.125 e. The molecule has 0 N–H and O–H groups in total. The molecular formula is C21H24Br2O. The van der Waals surface area contributed by atoms with Gasteiger partial charge >= 0.3 is 0 Å². The first-order chi connectivity index (χ1) is 11.3. The minimum Gasteiger partial charge on any atom is -0.496 e. The zero-order valence-corrected chi connectivity index (χ0v) is 18.0. The van der Waals surface area contributed by atoms with E-state index in [0.29, 0.717) is 0 Å². The second kappa shape index (κ2) is 6.84. The molecule has 1 nitrogen and oxygen atoms in total. The maximum absolute atomic E-state index is 5.83. The first kappa shape index (κ1) is 18.0. The van der Waals surface area contributed by atoms with E-state index in [1.807, 2.05) is 0 Å². The third kappa shape index (κ3) is 3.57. The predicted molar refractivity (Wildman–Crippen MR) is 108 cm³/mol. The molecule has 2 aromatic rings. The van der Waals surface area contributed by atoms with Crippen LogP contribution in [-0.2, 0) is 31.1 Å². The van der Waals surface area contributed by atoms with Crippen molar-refractivity contribution in [1.82, 2.24) is 0 Å². The van der Waals surface area contributed by atoms with Crippen LogP contribution < -0.4 is 4.74 Å². The molecule has 0 heterocycles. The lowest BCUT2D eigenvalue weighted by atomic mass is 9.83. The molecule has 2 aliphatic rings. The van der Waals surface area contributed by atoms with Gasteiger partial charge in [0.2, 0.25) is 0 Å². The molecule has 0 unspecified atom stereocenters. The quantitative estimate of drug-likeness (QED) is 0.487. The van der Waals surface area contributed by atoms with E-state index in [2.05, 4.69) is 76.9 Å². The van der Waals surface area contributed by atoms with E-state index in [-0.39, 0.29) is 5.41 Å². The monoisotopic (exact) mass is 450 g/mol. The zero-order chi connectivity index (χ0) is 17.5. The Bertz CT molecular complexity index is 717. The maximum atomic E-state index is 5.83. The van der Waals surface area contributed by atoms with Crippen molar-refractivity contribution in [3.8, 4) is 5.75 Å². The molecule has 24 heavy (non-hydrogen) atoms. The number of benzene rings is 2. The van der Waals surface area contributed by atoms with Gasteiger partial charge in [0.25, 0.3) is 0 Å². The first-order valence-corrected chi connectivity index (χ1v) is 10.0. The van der Waals surface area contributed by atoms with E-state index < -0.39 is 0 Å². The summed E-state index contributed by atoms with van der Waals surface area (Å²) in [6.07, 6.45) is 3.99. The second-order valence-corrected chi connectivity index (χ2v) is 9.32. The van der Waals surface area contributed by atoms with Gasteiger partial charge in [-0.05, 0) is 71.0 Å². The lowest BCUT2D eigenvalue weighted by Crippen LogP contribution is -2.13. The third-order valence-electron chi connectivity index (χ3n) is 4.86. The Morgan fingerprint density at radius 3 is 1.54 bits per heavy atom. The highest BCUT2D eigenvalue weighted by atomic mass is 79.9. The van der Waals surface area contributed by atoms with E-state index in [4.69, 9.17) is 4.74 Å². The fraction of sp³-hybridized carbons (Fsp3) is 0.429. The highest BCUT2D eigenvalue weighted by Crippen LogP contribution is 2.36. The predicted octanol–water partition coefficient (Wildman–Crippen LogP) is 6.40. The fourth-order valence-electron chi connectivity index (χ4n) is 3.37. The molecule has 0 saturated carbocycles. The molecule has 0 saturated heterocycles. The summed E-state index contributed by atoms with van der Waals surface area (Å²) in [7, 11) is 1.80. The fourth-order valence-corrected chi connectivity index (χ4v) is 4.55. The van der Waals surface area contributed by atoms with E-state index in [1.54, 1.807) is 7.11 Å². The molecule has 0 aromatic heterocycles. The average molecular weight is 452 g/mol. The van der Waals surface area contributed by atoms with Gasteiger partial charge in [0, 0.05) is 8.95 Å². The number of methoxy groups -OCH3 is 1. The highest BCUT2D eigenvalue weighted by molar-refractivity contribution is 9.11. The summed E-state index contributed by atoms with van der Waals surface area (Å²) < 4.78 is 8.25. The van der Waals surface area contributed by atoms with Crippen LogP contribution in [0, 0.1) is 0 Å². The summed E-state index contributed by atoms with van der Waals surface area (Å²) in [5.41, 5.74) is 6.89. The van der Waals surface area contributed by atoms with Crippen molar-refractivity contribution in [2.45, 2.75) is 51.9 Å². The summed E-state index contributed by atoms with van der Waals surface area (Å²) in [5.74, 6) is 1.08. The number of hydrogen-bond donors (Lipinski definition) is 0. The molecule has 0 radical (unpaired) electrons. The molecule has 3 heteroatoms. The lowest BCUT2D eigenvalue weighted by molar-refractivity contribution is 0.403. The lowest BCUT2D eigenvalue weighted by Gasteiger charge is -2.23. The summed E-state index contributed by atoms with van der Waals surface area (Å²) in [5, 5.41) is 0. The van der Waals surface area contributed by atoms with Crippen LogP contribution in [0.1, 0.15) is 48.6 Å². The first-order valence-electron chi connectivity index (χ1n) is 8.46. The number of aryl methyl sites for hydroxylation is 4. The van der Waals surface area contributed by atoms with Gasteiger partial charge in [-0.15, -0.1) is 0 Å². The van der Waals surface area contributed by atoms with Crippen LogP contribution in [0.3, 0.4) is 0 Å². The van der Waals surface area contributed by atoms with E-state index in [0.717, 1.165) is 31.4 Å². The molecule has 128 valence electrons. The van der Waals surface area contributed by atoms with Crippen molar-refractivity contribution >= 4 is 31.9 Å². The zero-order valence-electron chi connectivity index (χ0n) is 14.8. The van der Waals surface area contributed by atoms with Crippen LogP contribution in [0.15, 0.2) is 33.2 Å². The SMILES string of the molecule is COc1c2cc(C(C)(C)C)cc1CCc1cc(Br)c(cc1Br)CC2. The largest absolute Gasteiger partial charge is 0.496 e. The van der Waals surface area contributed by atoms with Crippen molar-refractivity contribution in [2.75, 3.05) is 7.11 Å². The number of hydrogen-bond acceptors (Lipinski definition) is 1. The normalized spacial score (nSPS) is 14.4. The molecule has 0 atom stereocenters. The Labute approximate surface area is 162 Å². The van der Waals surface area contributed by atoms with Gasteiger partial charge in [-0.1, -0.05) is 64.8 Å². The Kier molecular flexibility index (Phi) is 5.13. The minimum atomic E-state index is 0.146. The highest BCUT2D eigenvalue weighted by Gasteiger charge is 2.21. The van der Waals surface area contributed by atoms with Crippen molar-refractivity contribution < 1.29 is 4.74 Å². The van der Waals surface area contributed by atoms with E-state index in [9.17, 15) is 0 Å². The second-order valence-electron chi connectivity index (χ2n) is 7.61. The molecule has 0 spiro atoms. The Morgan fingerprint density at radius 1 is 0.750 bits per heavy atom. The number of ether oxygens (including phenoxy) is 1. The average Bonchev–Trinajstić information content (AvgIpc) is 2.53. The van der Waals surface area contributed by atoms with Crippen LogP contribution in [0.25, 0.3) is 0 Å². The molecule has 0 amide bonds. The molecule has 2 aliphatic carbocycles. The standard InChI is InChI=1S/C21H24Br2O/c1-21(2,3)17-9-15-7-5-13-11-19(23)14(12-18(13)22)6-8-16(10-17)20(15)24-4/h9-12H,5-8H2,1-4H3. The van der Waals surface area contributed by atoms with Crippen molar-refractivity contribution in [3.05, 3.63) is 61.0 Å². The summed E-state index contributed by atoms with van der Waals surface area (Å²) >= 11 is 7.50. The van der Waals surface area contributed by atoms with Crippen LogP contribution in [0.5, 0.6) is 5.75 Å². The molecule has 2 aromatic carbocycles. The Hall–Kier alpha value is -0.800. The molecular weight excluding hydrogens is 428 g/mol. The van der Waals surface area contributed by atoms with Crippen LogP contribution >= 0.6 is 31.9 Å². The van der Waals surface area contributed by atoms with Crippen molar-refractivity contribution in [2.24, 2.45) is 0 Å². The summed E-state index contributed by atoms with van der Waals surface area (Å²) in [4.78, 5) is 0. The van der Waals surface area contributed by atoms with Gasteiger partial charge in [0.1, 0.15) is 5.75 Å². The summed E-state index contributed by atoms with van der Waals surface area (Å²) in [6, 6.07) is 9.22. The minimum absolute atomic E-state index is 0.146. The number of halogens is 2. The Balaban J connectivity index is 2.15. The van der Waals surface area contributed by atoms with Gasteiger partial charge in [-0.25, -0.2) is 0 Å². The third-order valence-corrected chi connectivity index (χ3v) is 6.33. The van der Waals surface area contributed by atoms with Crippen LogP contribution in [-0.4, -0.2) is 7.11 Å². The van der Waals surface area contributed by atoms with E-state index in [1.165, 1.54) is 36.8 Å². The topological polar surface area (TPSA) is 9.23 Å². The summed E-state index contributed by atoms with van der Waals surface area (Å²) in [6.45, 7) is 6.85.